The zero-order chi connectivity index (χ0) is 17.1. The van der Waals surface area contributed by atoms with Crippen LogP contribution in [0.25, 0.3) is 4.96 Å². The standard InChI is InChI=1S/C17H25N5OS/c1-11-9-12(11)14(23)20-5-7-21(8-6-20)16-19-22-10-13(17(2,3)4)18-15(22)24-16/h10-12H,5-9H2,1-4H3/t11-,12+/m1/s1. The first kappa shape index (κ1) is 15.9. The van der Waals surface area contributed by atoms with Gasteiger partial charge in [0.15, 0.2) is 0 Å². The Morgan fingerprint density at radius 1 is 1.25 bits per heavy atom. The monoisotopic (exact) mass is 347 g/mol. The molecule has 2 fully saturated rings. The van der Waals surface area contributed by atoms with Crippen LogP contribution < -0.4 is 4.90 Å². The number of amides is 1. The van der Waals surface area contributed by atoms with Gasteiger partial charge in [0.05, 0.1) is 11.9 Å². The number of carbonyl (C=O) groups excluding carboxylic acids is 1. The number of hydrogen-bond donors (Lipinski definition) is 0. The summed E-state index contributed by atoms with van der Waals surface area (Å²) in [4.78, 5) is 22.3. The van der Waals surface area contributed by atoms with Crippen LogP contribution in [-0.2, 0) is 10.2 Å². The van der Waals surface area contributed by atoms with Crippen LogP contribution >= 0.6 is 11.3 Å². The number of fused-ring (bicyclic) bond motifs is 1. The predicted molar refractivity (Wildman–Crippen MR) is 95.6 cm³/mol. The fraction of sp³-hybridized carbons (Fsp3) is 0.706. The van der Waals surface area contributed by atoms with Gasteiger partial charge < -0.3 is 9.80 Å². The highest BCUT2D eigenvalue weighted by molar-refractivity contribution is 7.20. The highest BCUT2D eigenvalue weighted by Crippen LogP contribution is 2.39. The molecule has 4 rings (SSSR count). The Bertz CT molecular complexity index is 734. The second kappa shape index (κ2) is 5.44. The molecule has 0 unspecified atom stereocenters. The molecule has 1 aliphatic carbocycles. The van der Waals surface area contributed by atoms with E-state index < -0.39 is 0 Å². The molecule has 0 bridgehead atoms. The van der Waals surface area contributed by atoms with Gasteiger partial charge in [-0.05, 0) is 12.3 Å². The SMILES string of the molecule is C[C@@H]1C[C@@H]1C(=O)N1CCN(c2nn3cc(C(C)(C)C)nc3s2)CC1. The van der Waals surface area contributed by atoms with E-state index in [1.54, 1.807) is 11.3 Å². The van der Waals surface area contributed by atoms with Gasteiger partial charge >= 0.3 is 0 Å². The molecule has 0 radical (unpaired) electrons. The van der Waals surface area contributed by atoms with Gasteiger partial charge in [0.25, 0.3) is 0 Å². The largest absolute Gasteiger partial charge is 0.343 e. The molecule has 2 aromatic rings. The van der Waals surface area contributed by atoms with Gasteiger partial charge in [-0.3, -0.25) is 4.79 Å². The van der Waals surface area contributed by atoms with Crippen molar-refractivity contribution in [3.63, 3.8) is 0 Å². The van der Waals surface area contributed by atoms with Crippen LogP contribution in [0, 0.1) is 11.8 Å². The van der Waals surface area contributed by atoms with Gasteiger partial charge in [-0.2, -0.15) is 0 Å². The number of anilines is 1. The average Bonchev–Trinajstić information content (AvgIpc) is 2.94. The number of piperazine rings is 1. The molecule has 7 heteroatoms. The number of carbonyl (C=O) groups is 1. The van der Waals surface area contributed by atoms with E-state index in [1.165, 1.54) is 0 Å². The van der Waals surface area contributed by atoms with E-state index in [9.17, 15) is 4.79 Å². The van der Waals surface area contributed by atoms with Crippen LogP contribution in [0.4, 0.5) is 5.13 Å². The first-order valence-corrected chi connectivity index (χ1v) is 9.55. The lowest BCUT2D eigenvalue weighted by Crippen LogP contribution is -2.49. The van der Waals surface area contributed by atoms with Crippen molar-refractivity contribution in [1.29, 1.82) is 0 Å². The molecule has 1 saturated carbocycles. The third-order valence-corrected chi connectivity index (χ3v) is 6.07. The quantitative estimate of drug-likeness (QED) is 0.837. The summed E-state index contributed by atoms with van der Waals surface area (Å²) >= 11 is 1.63. The molecule has 0 aromatic carbocycles. The molecule has 1 amide bonds. The summed E-state index contributed by atoms with van der Waals surface area (Å²) in [5.41, 5.74) is 1.11. The van der Waals surface area contributed by atoms with Crippen molar-refractivity contribution >= 4 is 27.3 Å². The van der Waals surface area contributed by atoms with Gasteiger partial charge in [-0.25, -0.2) is 9.50 Å². The molecule has 2 atom stereocenters. The first-order valence-electron chi connectivity index (χ1n) is 8.73. The highest BCUT2D eigenvalue weighted by atomic mass is 32.1. The summed E-state index contributed by atoms with van der Waals surface area (Å²) in [6, 6.07) is 0. The number of nitrogens with zero attached hydrogens (tertiary/aromatic N) is 5. The van der Waals surface area contributed by atoms with Crippen LogP contribution in [0.3, 0.4) is 0 Å². The molecule has 1 saturated heterocycles. The summed E-state index contributed by atoms with van der Waals surface area (Å²) in [5.74, 6) is 1.22. The molecule has 2 aliphatic rings. The van der Waals surface area contributed by atoms with Gasteiger partial charge in [0, 0.05) is 37.5 Å². The molecular formula is C17H25N5OS. The third-order valence-electron chi connectivity index (χ3n) is 5.09. The van der Waals surface area contributed by atoms with Crippen molar-refractivity contribution in [1.82, 2.24) is 19.5 Å². The van der Waals surface area contributed by atoms with E-state index in [0.29, 0.717) is 11.8 Å². The van der Waals surface area contributed by atoms with E-state index in [1.807, 2.05) is 15.6 Å². The van der Waals surface area contributed by atoms with Crippen LogP contribution in [0.15, 0.2) is 6.20 Å². The van der Waals surface area contributed by atoms with Crippen molar-refractivity contribution in [2.24, 2.45) is 11.8 Å². The second-order valence-electron chi connectivity index (χ2n) is 8.12. The number of hydrogen-bond acceptors (Lipinski definition) is 5. The smallest absolute Gasteiger partial charge is 0.226 e. The number of aromatic nitrogens is 3. The molecule has 1 aliphatic heterocycles. The maximum absolute atomic E-state index is 12.3. The van der Waals surface area contributed by atoms with Gasteiger partial charge in [-0.1, -0.05) is 39.0 Å². The molecule has 130 valence electrons. The zero-order valence-electron chi connectivity index (χ0n) is 14.8. The van der Waals surface area contributed by atoms with E-state index in [2.05, 4.69) is 32.6 Å². The summed E-state index contributed by atoms with van der Waals surface area (Å²) < 4.78 is 1.89. The third kappa shape index (κ3) is 2.79. The molecule has 0 spiro atoms. The Labute approximate surface area is 146 Å². The maximum atomic E-state index is 12.3. The minimum Gasteiger partial charge on any atom is -0.343 e. The zero-order valence-corrected chi connectivity index (χ0v) is 15.6. The normalized spacial score (nSPS) is 24.7. The lowest BCUT2D eigenvalue weighted by atomic mass is 9.93. The fourth-order valence-electron chi connectivity index (χ4n) is 3.20. The molecule has 2 aromatic heterocycles. The summed E-state index contributed by atoms with van der Waals surface area (Å²) in [7, 11) is 0. The Morgan fingerprint density at radius 2 is 1.92 bits per heavy atom. The lowest BCUT2D eigenvalue weighted by molar-refractivity contribution is -0.133. The predicted octanol–water partition coefficient (Wildman–Crippen LogP) is 2.39. The summed E-state index contributed by atoms with van der Waals surface area (Å²) in [6.07, 6.45) is 3.10. The van der Waals surface area contributed by atoms with Crippen LogP contribution in [0.5, 0.6) is 0 Å². The number of rotatable bonds is 2. The van der Waals surface area contributed by atoms with E-state index in [4.69, 9.17) is 10.1 Å². The summed E-state index contributed by atoms with van der Waals surface area (Å²) in [6.45, 7) is 12.0. The van der Waals surface area contributed by atoms with Gasteiger partial charge in [-0.15, -0.1) is 5.10 Å². The lowest BCUT2D eigenvalue weighted by Gasteiger charge is -2.34. The van der Waals surface area contributed by atoms with Crippen molar-refractivity contribution in [3.8, 4) is 0 Å². The Balaban J connectivity index is 1.43. The van der Waals surface area contributed by atoms with E-state index in [0.717, 1.165) is 48.4 Å². The van der Waals surface area contributed by atoms with Crippen LogP contribution in [-0.4, -0.2) is 51.6 Å². The Hall–Kier alpha value is -1.63. The second-order valence-corrected chi connectivity index (χ2v) is 9.05. The molecule has 24 heavy (non-hydrogen) atoms. The first-order chi connectivity index (χ1) is 11.3. The van der Waals surface area contributed by atoms with Gasteiger partial charge in [0.2, 0.25) is 16.0 Å². The van der Waals surface area contributed by atoms with Gasteiger partial charge in [0.1, 0.15) is 0 Å². The van der Waals surface area contributed by atoms with Crippen molar-refractivity contribution in [3.05, 3.63) is 11.9 Å². The average molecular weight is 347 g/mol. The minimum atomic E-state index is 0.0412. The van der Waals surface area contributed by atoms with Crippen molar-refractivity contribution < 1.29 is 4.79 Å². The van der Waals surface area contributed by atoms with Crippen molar-refractivity contribution in [2.75, 3.05) is 31.1 Å². The van der Waals surface area contributed by atoms with E-state index >= 15 is 0 Å². The minimum absolute atomic E-state index is 0.0412. The summed E-state index contributed by atoms with van der Waals surface area (Å²) in [5, 5.41) is 5.70. The topological polar surface area (TPSA) is 53.7 Å². The molecular weight excluding hydrogens is 322 g/mol. The van der Waals surface area contributed by atoms with Crippen LogP contribution in [0.1, 0.15) is 39.8 Å². The fourth-order valence-corrected chi connectivity index (χ4v) is 4.13. The Kier molecular flexibility index (Phi) is 3.60. The van der Waals surface area contributed by atoms with Crippen LogP contribution in [0.2, 0.25) is 0 Å². The highest BCUT2D eigenvalue weighted by Gasteiger charge is 2.42. The Morgan fingerprint density at radius 3 is 2.46 bits per heavy atom. The molecule has 0 N–H and O–H groups in total. The van der Waals surface area contributed by atoms with Crippen molar-refractivity contribution in [2.45, 2.75) is 39.5 Å². The molecule has 3 heterocycles. The van der Waals surface area contributed by atoms with E-state index in [-0.39, 0.29) is 11.3 Å². The number of imidazole rings is 1. The maximum Gasteiger partial charge on any atom is 0.226 e. The molecule has 6 nitrogen and oxygen atoms in total.